The predicted molar refractivity (Wildman–Crippen MR) is 89.1 cm³/mol. The van der Waals surface area contributed by atoms with E-state index < -0.39 is 0 Å². The average molecular weight is 300 g/mol. The number of methoxy groups -OCH3 is 2. The van der Waals surface area contributed by atoms with Crippen molar-refractivity contribution in [2.75, 3.05) is 14.2 Å². The van der Waals surface area contributed by atoms with E-state index in [9.17, 15) is 0 Å². The van der Waals surface area contributed by atoms with Gasteiger partial charge in [0.15, 0.2) is 0 Å². The summed E-state index contributed by atoms with van der Waals surface area (Å²) in [6.45, 7) is 3.76. The molecule has 2 aromatic rings. The van der Waals surface area contributed by atoms with Crippen molar-refractivity contribution >= 4 is 0 Å². The number of benzene rings is 2. The van der Waals surface area contributed by atoms with Gasteiger partial charge >= 0.3 is 0 Å². The van der Waals surface area contributed by atoms with Crippen LogP contribution < -0.4 is 20.1 Å². The average Bonchev–Trinajstić information content (AvgIpc) is 2.59. The molecule has 0 radical (unpaired) electrons. The van der Waals surface area contributed by atoms with Crippen LogP contribution in [-0.2, 0) is 13.1 Å². The van der Waals surface area contributed by atoms with E-state index in [0.717, 1.165) is 24.6 Å². The van der Waals surface area contributed by atoms with Crippen LogP contribution in [0.15, 0.2) is 48.5 Å². The van der Waals surface area contributed by atoms with Gasteiger partial charge in [-0.15, -0.1) is 0 Å². The highest BCUT2D eigenvalue weighted by molar-refractivity contribution is 5.27. The Balaban J connectivity index is 1.73. The maximum Gasteiger partial charge on any atom is 0.118 e. The summed E-state index contributed by atoms with van der Waals surface area (Å²) >= 11 is 0. The summed E-state index contributed by atoms with van der Waals surface area (Å²) in [5, 5.41) is 6.91. The van der Waals surface area contributed by atoms with Gasteiger partial charge in [0.1, 0.15) is 11.5 Å². The Morgan fingerprint density at radius 3 is 1.41 bits per heavy atom. The maximum absolute atomic E-state index is 5.16. The molecule has 0 saturated heterocycles. The van der Waals surface area contributed by atoms with Gasteiger partial charge in [-0.1, -0.05) is 24.3 Å². The van der Waals surface area contributed by atoms with Crippen LogP contribution in [0, 0.1) is 0 Å². The topological polar surface area (TPSA) is 42.5 Å². The molecule has 0 aliphatic rings. The van der Waals surface area contributed by atoms with E-state index in [1.807, 2.05) is 24.3 Å². The molecule has 0 aromatic heterocycles. The first-order chi connectivity index (χ1) is 10.7. The van der Waals surface area contributed by atoms with Crippen LogP contribution in [0.4, 0.5) is 0 Å². The molecule has 4 heteroatoms. The summed E-state index contributed by atoms with van der Waals surface area (Å²) < 4.78 is 10.3. The Labute approximate surface area is 132 Å². The minimum Gasteiger partial charge on any atom is -0.497 e. The number of hydrogen-bond donors (Lipinski definition) is 2. The highest BCUT2D eigenvalue weighted by atomic mass is 16.5. The van der Waals surface area contributed by atoms with E-state index in [0.29, 0.717) is 0 Å². The lowest BCUT2D eigenvalue weighted by molar-refractivity contribution is 0.414. The second-order valence-electron chi connectivity index (χ2n) is 5.18. The molecule has 0 atom stereocenters. The van der Waals surface area contributed by atoms with Crippen molar-refractivity contribution < 1.29 is 9.47 Å². The predicted octanol–water partition coefficient (Wildman–Crippen LogP) is 2.93. The molecule has 0 saturated carbocycles. The van der Waals surface area contributed by atoms with Gasteiger partial charge < -0.3 is 9.47 Å². The number of nitrogens with one attached hydrogen (secondary N) is 2. The van der Waals surface area contributed by atoms with Gasteiger partial charge in [0, 0.05) is 13.1 Å². The van der Waals surface area contributed by atoms with Gasteiger partial charge in [-0.05, 0) is 42.3 Å². The molecule has 0 aliphatic heterocycles. The van der Waals surface area contributed by atoms with Gasteiger partial charge in [0.2, 0.25) is 0 Å². The monoisotopic (exact) mass is 300 g/mol. The molecule has 118 valence electrons. The zero-order chi connectivity index (χ0) is 15.8. The van der Waals surface area contributed by atoms with Crippen LogP contribution >= 0.6 is 0 Å². The zero-order valence-corrected chi connectivity index (χ0v) is 13.4. The van der Waals surface area contributed by atoms with Crippen molar-refractivity contribution in [3.05, 3.63) is 59.7 Å². The van der Waals surface area contributed by atoms with Crippen LogP contribution in [0.1, 0.15) is 18.1 Å². The van der Waals surface area contributed by atoms with Crippen LogP contribution in [0.5, 0.6) is 11.5 Å². The number of ether oxygens (including phenoxy) is 2. The Bertz CT molecular complexity index is 501. The normalized spacial score (nSPS) is 10.7. The van der Waals surface area contributed by atoms with Gasteiger partial charge in [0.25, 0.3) is 0 Å². The van der Waals surface area contributed by atoms with Crippen molar-refractivity contribution in [1.29, 1.82) is 0 Å². The van der Waals surface area contributed by atoms with Crippen molar-refractivity contribution in [2.24, 2.45) is 0 Å². The summed E-state index contributed by atoms with van der Waals surface area (Å²) in [5.41, 5.74) is 2.47. The lowest BCUT2D eigenvalue weighted by Gasteiger charge is -2.16. The molecule has 0 aliphatic carbocycles. The summed E-state index contributed by atoms with van der Waals surface area (Å²) in [6, 6.07) is 16.2. The molecule has 0 fully saturated rings. The SMILES string of the molecule is COc1ccc(CNC(C)NCc2ccc(OC)cc2)cc1. The molecule has 2 aromatic carbocycles. The van der Waals surface area contributed by atoms with Crippen LogP contribution in [-0.4, -0.2) is 20.4 Å². The van der Waals surface area contributed by atoms with E-state index in [2.05, 4.69) is 41.8 Å². The molecule has 0 amide bonds. The standard InChI is InChI=1S/C18H24N2O2/c1-14(19-12-15-4-8-17(21-2)9-5-15)20-13-16-6-10-18(22-3)11-7-16/h4-11,14,19-20H,12-13H2,1-3H3. The first-order valence-electron chi connectivity index (χ1n) is 7.44. The van der Waals surface area contributed by atoms with E-state index in [-0.39, 0.29) is 6.17 Å². The smallest absolute Gasteiger partial charge is 0.118 e. The summed E-state index contributed by atoms with van der Waals surface area (Å²) in [4.78, 5) is 0. The first-order valence-corrected chi connectivity index (χ1v) is 7.44. The quantitative estimate of drug-likeness (QED) is 0.736. The molecule has 0 spiro atoms. The van der Waals surface area contributed by atoms with Crippen LogP contribution in [0.25, 0.3) is 0 Å². The van der Waals surface area contributed by atoms with Crippen molar-refractivity contribution in [3.8, 4) is 11.5 Å². The largest absolute Gasteiger partial charge is 0.497 e. The summed E-state index contributed by atoms with van der Waals surface area (Å²) in [7, 11) is 3.36. The van der Waals surface area contributed by atoms with Gasteiger partial charge in [0.05, 0.1) is 20.4 Å². The fraction of sp³-hybridized carbons (Fsp3) is 0.333. The Morgan fingerprint density at radius 2 is 1.09 bits per heavy atom. The maximum atomic E-state index is 5.16. The molecular formula is C18H24N2O2. The second kappa shape index (κ2) is 8.41. The molecule has 4 nitrogen and oxygen atoms in total. The van der Waals surface area contributed by atoms with Gasteiger partial charge in [-0.2, -0.15) is 0 Å². The molecule has 0 unspecified atom stereocenters. The second-order valence-corrected chi connectivity index (χ2v) is 5.18. The summed E-state index contributed by atoms with van der Waals surface area (Å²) in [6.07, 6.45) is 0.226. The third kappa shape index (κ3) is 5.06. The van der Waals surface area contributed by atoms with E-state index in [1.54, 1.807) is 14.2 Å². The first kappa shape index (κ1) is 16.3. The molecule has 22 heavy (non-hydrogen) atoms. The lowest BCUT2D eigenvalue weighted by Crippen LogP contribution is -2.38. The highest BCUT2D eigenvalue weighted by Crippen LogP contribution is 2.12. The van der Waals surface area contributed by atoms with Crippen molar-refractivity contribution in [2.45, 2.75) is 26.2 Å². The minimum atomic E-state index is 0.226. The van der Waals surface area contributed by atoms with Crippen molar-refractivity contribution in [1.82, 2.24) is 10.6 Å². The Morgan fingerprint density at radius 1 is 0.727 bits per heavy atom. The van der Waals surface area contributed by atoms with Gasteiger partial charge in [-0.25, -0.2) is 0 Å². The van der Waals surface area contributed by atoms with Crippen molar-refractivity contribution in [3.63, 3.8) is 0 Å². The van der Waals surface area contributed by atoms with Gasteiger partial charge in [-0.3, -0.25) is 10.6 Å². The highest BCUT2D eigenvalue weighted by Gasteiger charge is 2.02. The third-order valence-corrected chi connectivity index (χ3v) is 3.54. The lowest BCUT2D eigenvalue weighted by atomic mass is 10.2. The Hall–Kier alpha value is -2.04. The third-order valence-electron chi connectivity index (χ3n) is 3.54. The zero-order valence-electron chi connectivity index (χ0n) is 13.4. The fourth-order valence-corrected chi connectivity index (χ4v) is 2.10. The van der Waals surface area contributed by atoms with Crippen LogP contribution in [0.2, 0.25) is 0 Å². The molecule has 2 rings (SSSR count). The van der Waals surface area contributed by atoms with Crippen LogP contribution in [0.3, 0.4) is 0 Å². The van der Waals surface area contributed by atoms with E-state index >= 15 is 0 Å². The molecule has 0 heterocycles. The molecule has 0 bridgehead atoms. The van der Waals surface area contributed by atoms with E-state index in [1.165, 1.54) is 11.1 Å². The molecular weight excluding hydrogens is 276 g/mol. The van der Waals surface area contributed by atoms with E-state index in [4.69, 9.17) is 9.47 Å². The number of hydrogen-bond acceptors (Lipinski definition) is 4. The Kier molecular flexibility index (Phi) is 6.25. The molecule has 2 N–H and O–H groups in total. The fourth-order valence-electron chi connectivity index (χ4n) is 2.10. The summed E-state index contributed by atoms with van der Waals surface area (Å²) in [5.74, 6) is 1.77. The number of rotatable bonds is 8. The minimum absolute atomic E-state index is 0.226.